The molecule has 0 fully saturated rings. The zero-order valence-electron chi connectivity index (χ0n) is 14.7. The van der Waals surface area contributed by atoms with E-state index in [-0.39, 0.29) is 6.61 Å². The Bertz CT molecular complexity index is 856. The number of nitrogens with zero attached hydrogens (tertiary/aromatic N) is 1. The van der Waals surface area contributed by atoms with Crippen LogP contribution in [0.4, 0.5) is 0 Å². The number of aliphatic hydroxyl groups is 1. The molecule has 0 spiro atoms. The summed E-state index contributed by atoms with van der Waals surface area (Å²) in [6, 6.07) is 11.5. The van der Waals surface area contributed by atoms with E-state index in [2.05, 4.69) is 4.98 Å². The molecular formula is C20H22NO4. The van der Waals surface area contributed by atoms with Crippen molar-refractivity contribution in [2.75, 3.05) is 20.8 Å². The van der Waals surface area contributed by atoms with Crippen LogP contribution < -0.4 is 9.47 Å². The van der Waals surface area contributed by atoms with Gasteiger partial charge in [-0.15, -0.1) is 0 Å². The Balaban J connectivity index is 1.93. The lowest BCUT2D eigenvalue weighted by Gasteiger charge is -2.07. The highest BCUT2D eigenvalue weighted by molar-refractivity contribution is 5.78. The highest BCUT2D eigenvalue weighted by Crippen LogP contribution is 2.34. The number of benzene rings is 2. The van der Waals surface area contributed by atoms with Gasteiger partial charge in [0.05, 0.1) is 19.8 Å². The fourth-order valence-corrected chi connectivity index (χ4v) is 2.66. The molecule has 131 valence electrons. The van der Waals surface area contributed by atoms with E-state index in [9.17, 15) is 0 Å². The maximum absolute atomic E-state index is 9.12. The van der Waals surface area contributed by atoms with Crippen LogP contribution in [0.1, 0.15) is 18.9 Å². The van der Waals surface area contributed by atoms with Gasteiger partial charge >= 0.3 is 0 Å². The summed E-state index contributed by atoms with van der Waals surface area (Å²) in [7, 11) is 3.24. The van der Waals surface area contributed by atoms with Crippen molar-refractivity contribution in [2.24, 2.45) is 0 Å². The molecule has 0 aliphatic rings. The number of hydrogen-bond acceptors (Lipinski definition) is 5. The number of methoxy groups -OCH3 is 2. The Morgan fingerprint density at radius 3 is 2.68 bits per heavy atom. The first-order valence-electron chi connectivity index (χ1n) is 8.18. The average molecular weight is 340 g/mol. The second-order valence-corrected chi connectivity index (χ2v) is 6.00. The highest BCUT2D eigenvalue weighted by atomic mass is 16.5. The minimum atomic E-state index is 0.131. The van der Waals surface area contributed by atoms with Crippen LogP contribution in [0.2, 0.25) is 0 Å². The summed E-state index contributed by atoms with van der Waals surface area (Å²) in [6.45, 7) is 2.09. The van der Waals surface area contributed by atoms with Gasteiger partial charge in [0.1, 0.15) is 17.0 Å². The van der Waals surface area contributed by atoms with Crippen molar-refractivity contribution in [1.29, 1.82) is 0 Å². The van der Waals surface area contributed by atoms with Gasteiger partial charge in [-0.3, -0.25) is 0 Å². The zero-order chi connectivity index (χ0) is 17.8. The first kappa shape index (κ1) is 17.3. The predicted octanol–water partition coefficient (Wildman–Crippen LogP) is 4.03. The number of aryl methyl sites for hydroxylation is 1. The molecule has 25 heavy (non-hydrogen) atoms. The summed E-state index contributed by atoms with van der Waals surface area (Å²) in [5.41, 5.74) is 3.45. The highest BCUT2D eigenvalue weighted by Gasteiger charge is 2.15. The summed E-state index contributed by atoms with van der Waals surface area (Å²) < 4.78 is 16.6. The largest absolute Gasteiger partial charge is 0.497 e. The molecule has 5 heteroatoms. The Kier molecular flexibility index (Phi) is 5.24. The third kappa shape index (κ3) is 3.77. The minimum absolute atomic E-state index is 0.131. The van der Waals surface area contributed by atoms with Crippen LogP contribution in [0.5, 0.6) is 11.5 Å². The van der Waals surface area contributed by atoms with Crippen molar-refractivity contribution in [1.82, 2.24) is 4.98 Å². The summed E-state index contributed by atoms with van der Waals surface area (Å²) in [5.74, 6) is 2.97. The molecule has 0 aliphatic heterocycles. The molecule has 1 N–H and O–H groups in total. The van der Waals surface area contributed by atoms with Crippen LogP contribution in [-0.2, 0) is 6.42 Å². The third-order valence-corrected chi connectivity index (χ3v) is 4.20. The van der Waals surface area contributed by atoms with Crippen LogP contribution in [-0.4, -0.2) is 30.9 Å². The number of ether oxygens (including phenoxy) is 2. The van der Waals surface area contributed by atoms with Crippen molar-refractivity contribution in [3.05, 3.63) is 47.9 Å². The van der Waals surface area contributed by atoms with E-state index in [4.69, 9.17) is 19.0 Å². The lowest BCUT2D eigenvalue weighted by Crippen LogP contribution is -1.99. The molecular weight excluding hydrogens is 318 g/mol. The van der Waals surface area contributed by atoms with Crippen LogP contribution in [0, 0.1) is 5.92 Å². The fourth-order valence-electron chi connectivity index (χ4n) is 2.66. The van der Waals surface area contributed by atoms with Crippen molar-refractivity contribution < 1.29 is 19.0 Å². The SMILES string of the molecule is COc1ccc(OC)c(-c2nc3cc(CC[C](C)CO)ccc3o2)c1. The molecule has 0 atom stereocenters. The van der Waals surface area contributed by atoms with Crippen molar-refractivity contribution in [3.63, 3.8) is 0 Å². The lowest BCUT2D eigenvalue weighted by atomic mass is 10.0. The topological polar surface area (TPSA) is 64.7 Å². The lowest BCUT2D eigenvalue weighted by molar-refractivity contribution is 0.303. The number of rotatable bonds is 7. The standard InChI is InChI=1S/C20H22NO4/c1-13(12-22)4-5-14-6-8-19-17(10-14)21-20(25-19)16-11-15(23-2)7-9-18(16)24-3/h6-11,22H,4-5,12H2,1-3H3. The number of fused-ring (bicyclic) bond motifs is 1. The summed E-state index contributed by atoms with van der Waals surface area (Å²) in [5, 5.41) is 9.12. The molecule has 0 amide bonds. The van der Waals surface area contributed by atoms with Gasteiger partial charge in [0.25, 0.3) is 0 Å². The number of aliphatic hydroxyl groups excluding tert-OH is 1. The molecule has 0 saturated carbocycles. The fraction of sp³-hybridized carbons (Fsp3) is 0.300. The Hall–Kier alpha value is -2.53. The first-order valence-corrected chi connectivity index (χ1v) is 8.18. The van der Waals surface area contributed by atoms with Crippen LogP contribution in [0.15, 0.2) is 40.8 Å². The molecule has 0 bridgehead atoms. The van der Waals surface area contributed by atoms with E-state index >= 15 is 0 Å². The van der Waals surface area contributed by atoms with Gasteiger partial charge in [0.2, 0.25) is 5.89 Å². The molecule has 1 aromatic heterocycles. The normalized spacial score (nSPS) is 11.2. The van der Waals surface area contributed by atoms with E-state index in [1.807, 2.05) is 43.3 Å². The van der Waals surface area contributed by atoms with Gasteiger partial charge in [0, 0.05) is 6.61 Å². The molecule has 3 aromatic rings. The van der Waals surface area contributed by atoms with Crippen molar-refractivity contribution in [3.8, 4) is 23.0 Å². The van der Waals surface area contributed by atoms with Gasteiger partial charge in [0.15, 0.2) is 5.58 Å². The van der Waals surface area contributed by atoms with Crippen LogP contribution in [0.3, 0.4) is 0 Å². The Morgan fingerprint density at radius 2 is 1.96 bits per heavy atom. The Morgan fingerprint density at radius 1 is 1.12 bits per heavy atom. The van der Waals surface area contributed by atoms with Crippen LogP contribution in [0.25, 0.3) is 22.6 Å². The monoisotopic (exact) mass is 340 g/mol. The number of aromatic nitrogens is 1. The first-order chi connectivity index (χ1) is 12.1. The summed E-state index contributed by atoms with van der Waals surface area (Å²) in [4.78, 5) is 4.62. The number of oxazole rings is 1. The van der Waals surface area contributed by atoms with Gasteiger partial charge in [-0.1, -0.05) is 13.0 Å². The van der Waals surface area contributed by atoms with E-state index < -0.39 is 0 Å². The molecule has 3 rings (SSSR count). The number of hydrogen-bond donors (Lipinski definition) is 1. The van der Waals surface area contributed by atoms with Crippen LogP contribution >= 0.6 is 0 Å². The minimum Gasteiger partial charge on any atom is -0.497 e. The average Bonchev–Trinajstić information content (AvgIpc) is 3.08. The molecule has 2 aromatic carbocycles. The van der Waals surface area contributed by atoms with Gasteiger partial charge in [-0.05, 0) is 54.7 Å². The second kappa shape index (κ2) is 7.57. The van der Waals surface area contributed by atoms with Gasteiger partial charge < -0.3 is 19.0 Å². The predicted molar refractivity (Wildman–Crippen MR) is 96.9 cm³/mol. The molecule has 0 saturated heterocycles. The maximum Gasteiger partial charge on any atom is 0.231 e. The van der Waals surface area contributed by atoms with Gasteiger partial charge in [-0.25, -0.2) is 4.98 Å². The zero-order valence-corrected chi connectivity index (χ0v) is 14.7. The molecule has 1 heterocycles. The third-order valence-electron chi connectivity index (χ3n) is 4.20. The smallest absolute Gasteiger partial charge is 0.231 e. The van der Waals surface area contributed by atoms with E-state index in [0.29, 0.717) is 17.4 Å². The molecule has 0 unspecified atom stereocenters. The van der Waals surface area contributed by atoms with E-state index in [1.165, 1.54) is 0 Å². The van der Waals surface area contributed by atoms with Gasteiger partial charge in [-0.2, -0.15) is 0 Å². The Labute approximate surface area is 147 Å². The molecule has 0 aliphatic carbocycles. The maximum atomic E-state index is 9.12. The summed E-state index contributed by atoms with van der Waals surface area (Å²) >= 11 is 0. The van der Waals surface area contributed by atoms with E-state index in [1.54, 1.807) is 14.2 Å². The summed E-state index contributed by atoms with van der Waals surface area (Å²) in [6.07, 6.45) is 1.73. The molecule has 1 radical (unpaired) electrons. The van der Waals surface area contributed by atoms with E-state index in [0.717, 1.165) is 41.0 Å². The van der Waals surface area contributed by atoms with Crippen molar-refractivity contribution in [2.45, 2.75) is 19.8 Å². The molecule has 5 nitrogen and oxygen atoms in total. The quantitative estimate of drug-likeness (QED) is 0.703. The second-order valence-electron chi connectivity index (χ2n) is 6.00. The van der Waals surface area contributed by atoms with Crippen molar-refractivity contribution >= 4 is 11.1 Å².